The van der Waals surface area contributed by atoms with Crippen LogP contribution in [0, 0.1) is 23.7 Å². The van der Waals surface area contributed by atoms with Crippen LogP contribution >= 0.6 is 0 Å². The second-order valence-corrected chi connectivity index (χ2v) is 11.4. The number of phenolic OH excluding ortho intramolecular Hbond substituents is 1. The summed E-state index contributed by atoms with van der Waals surface area (Å²) in [5.41, 5.74) is 6.33. The van der Waals surface area contributed by atoms with Crippen molar-refractivity contribution in [3.63, 3.8) is 0 Å². The van der Waals surface area contributed by atoms with Gasteiger partial charge in [0.15, 0.2) is 28.9 Å². The van der Waals surface area contributed by atoms with Gasteiger partial charge in [0.25, 0.3) is 0 Å². The Morgan fingerprint density at radius 1 is 1.05 bits per heavy atom. The number of nitrogens with two attached hydrogens (primary N) is 1. The number of anilines is 1. The number of carbonyl (C=O) groups is 6. The summed E-state index contributed by atoms with van der Waals surface area (Å²) in [5, 5.41) is 26.7. The van der Waals surface area contributed by atoms with Gasteiger partial charge in [-0.25, -0.2) is 5.01 Å². The molecular formula is C27H33N5O8. The number of phenols is 1. The number of likely N-dealkylation sites (N-methyl/N-ethyl adjacent to an activating group) is 1. The van der Waals surface area contributed by atoms with Crippen LogP contribution in [0.3, 0.4) is 0 Å². The van der Waals surface area contributed by atoms with Gasteiger partial charge < -0.3 is 21.3 Å². The van der Waals surface area contributed by atoms with E-state index in [1.807, 2.05) is 0 Å². The second kappa shape index (κ2) is 10.1. The topological polar surface area (TPSA) is 199 Å². The fraction of sp³-hybridized carbons (Fsp3) is 0.556. The molecule has 6 N–H and O–H groups in total. The van der Waals surface area contributed by atoms with E-state index < -0.39 is 64.5 Å². The fourth-order valence-electron chi connectivity index (χ4n) is 6.99. The fourth-order valence-corrected chi connectivity index (χ4v) is 6.99. The van der Waals surface area contributed by atoms with Gasteiger partial charge in [0, 0.05) is 24.9 Å². The first kappa shape index (κ1) is 27.9. The van der Waals surface area contributed by atoms with E-state index >= 15 is 0 Å². The zero-order chi connectivity index (χ0) is 29.1. The minimum atomic E-state index is -2.59. The number of carbonyl (C=O) groups excluding carboxylic acids is 6. The molecule has 13 nitrogen and oxygen atoms in total. The molecule has 0 radical (unpaired) electrons. The molecule has 0 spiro atoms. The monoisotopic (exact) mass is 555 g/mol. The third kappa shape index (κ3) is 4.28. The standard InChI is InChI=1S/C27H33N5O8/c1-31(2)19-16-10-13-9-12-5-6-17(29-25(38)26(39)30-32-7-3-4-8-32)20(33)14(12)11-15(13)22(35)27(16,40)23(36)18(21(19)34)24(28)37/h5-6,13,15-16,18-19,33,40H,3-4,7-11H2,1-2H3,(H2,28,37)(H,29,38)(H,30,39)/t13?,15?,16?,18?,19-,27?/m0/s1. The highest BCUT2D eigenvalue weighted by Gasteiger charge is 2.68. The van der Waals surface area contributed by atoms with Crippen LogP contribution in [0.15, 0.2) is 12.1 Å². The van der Waals surface area contributed by atoms with Crippen LogP contribution in [0.4, 0.5) is 5.69 Å². The summed E-state index contributed by atoms with van der Waals surface area (Å²) in [6.45, 7) is 1.28. The van der Waals surface area contributed by atoms with Crippen molar-refractivity contribution in [3.8, 4) is 5.75 Å². The van der Waals surface area contributed by atoms with E-state index in [4.69, 9.17) is 5.73 Å². The van der Waals surface area contributed by atoms with E-state index in [1.165, 1.54) is 11.0 Å². The van der Waals surface area contributed by atoms with Gasteiger partial charge in [0.05, 0.1) is 11.7 Å². The largest absolute Gasteiger partial charge is 0.505 e. The van der Waals surface area contributed by atoms with Crippen LogP contribution in [0.5, 0.6) is 5.75 Å². The molecule has 214 valence electrons. The highest BCUT2D eigenvalue weighted by molar-refractivity contribution is 6.39. The number of nitrogens with one attached hydrogen (secondary N) is 2. The lowest BCUT2D eigenvalue weighted by Gasteiger charge is -2.53. The first-order chi connectivity index (χ1) is 18.9. The molecule has 3 amide bonds. The lowest BCUT2D eigenvalue weighted by atomic mass is 9.52. The number of hydrazine groups is 1. The van der Waals surface area contributed by atoms with Crippen molar-refractivity contribution < 1.29 is 39.0 Å². The Kier molecular flexibility index (Phi) is 7.01. The van der Waals surface area contributed by atoms with E-state index in [0.717, 1.165) is 12.8 Å². The molecule has 4 aliphatic rings. The van der Waals surface area contributed by atoms with Gasteiger partial charge in [-0.2, -0.15) is 0 Å². The van der Waals surface area contributed by atoms with Gasteiger partial charge in [-0.3, -0.25) is 39.1 Å². The van der Waals surface area contributed by atoms with E-state index in [9.17, 15) is 39.0 Å². The third-order valence-electron chi connectivity index (χ3n) is 8.92. The molecule has 2 saturated carbocycles. The molecule has 1 heterocycles. The molecule has 1 aromatic rings. The molecular weight excluding hydrogens is 522 g/mol. The highest BCUT2D eigenvalue weighted by Crippen LogP contribution is 2.51. The summed E-state index contributed by atoms with van der Waals surface area (Å²) in [5.74, 6) is -10.3. The zero-order valence-corrected chi connectivity index (χ0v) is 22.3. The van der Waals surface area contributed by atoms with Gasteiger partial charge in [-0.05, 0) is 69.3 Å². The Balaban J connectivity index is 1.42. The quantitative estimate of drug-likeness (QED) is 0.162. The lowest BCUT2D eigenvalue weighted by Crippen LogP contribution is -2.73. The van der Waals surface area contributed by atoms with Crippen molar-refractivity contribution in [3.05, 3.63) is 23.3 Å². The smallest absolute Gasteiger partial charge is 0.323 e. The van der Waals surface area contributed by atoms with E-state index in [2.05, 4.69) is 10.7 Å². The van der Waals surface area contributed by atoms with Crippen LogP contribution in [-0.2, 0) is 41.6 Å². The van der Waals surface area contributed by atoms with Crippen molar-refractivity contribution in [1.82, 2.24) is 15.3 Å². The first-order valence-corrected chi connectivity index (χ1v) is 13.4. The summed E-state index contributed by atoms with van der Waals surface area (Å²) in [6.07, 6.45) is 2.25. The van der Waals surface area contributed by atoms with Crippen molar-refractivity contribution in [2.24, 2.45) is 29.4 Å². The summed E-state index contributed by atoms with van der Waals surface area (Å²) in [4.78, 5) is 78.6. The molecule has 1 aliphatic heterocycles. The van der Waals surface area contributed by atoms with E-state index in [-0.39, 0.29) is 30.2 Å². The number of nitrogens with zero attached hydrogens (tertiary/aromatic N) is 2. The predicted molar refractivity (Wildman–Crippen MR) is 138 cm³/mol. The Labute approximate surface area is 230 Å². The highest BCUT2D eigenvalue weighted by atomic mass is 16.3. The van der Waals surface area contributed by atoms with E-state index in [1.54, 1.807) is 25.2 Å². The summed E-state index contributed by atoms with van der Waals surface area (Å²) < 4.78 is 0. The maximum atomic E-state index is 13.8. The average Bonchev–Trinajstić information content (AvgIpc) is 3.40. The minimum absolute atomic E-state index is 0.0144. The maximum Gasteiger partial charge on any atom is 0.323 e. The number of rotatable bonds is 4. The molecule has 5 unspecified atom stereocenters. The minimum Gasteiger partial charge on any atom is -0.505 e. The first-order valence-electron chi connectivity index (χ1n) is 13.4. The number of ketones is 3. The normalized spacial score (nSPS) is 31.8. The Bertz CT molecular complexity index is 1320. The van der Waals surface area contributed by atoms with Crippen molar-refractivity contribution in [2.45, 2.75) is 43.7 Å². The third-order valence-corrected chi connectivity index (χ3v) is 8.92. The SMILES string of the molecule is CN(C)[C@@H]1C(=O)C(C(N)=O)C(=O)C2(O)C(=O)C3Cc4c(ccc(NC(=O)C(=O)NN5CCCC5)c4O)CC3CC12. The number of hydrogen-bond donors (Lipinski definition) is 5. The number of fused-ring (bicyclic) bond motifs is 3. The molecule has 5 rings (SSSR count). The van der Waals surface area contributed by atoms with Gasteiger partial charge in [-0.1, -0.05) is 6.07 Å². The summed E-state index contributed by atoms with van der Waals surface area (Å²) >= 11 is 0. The number of aliphatic hydroxyl groups is 1. The lowest BCUT2D eigenvalue weighted by molar-refractivity contribution is -0.183. The van der Waals surface area contributed by atoms with Crippen LogP contribution in [0.2, 0.25) is 0 Å². The molecule has 3 aliphatic carbocycles. The van der Waals surface area contributed by atoms with Crippen LogP contribution < -0.4 is 16.5 Å². The average molecular weight is 556 g/mol. The molecule has 40 heavy (non-hydrogen) atoms. The molecule has 0 aromatic heterocycles. The predicted octanol–water partition coefficient (Wildman–Crippen LogP) is -1.71. The molecule has 1 aromatic carbocycles. The molecule has 1 saturated heterocycles. The number of hydrogen-bond acceptors (Lipinski definition) is 10. The van der Waals surface area contributed by atoms with Crippen molar-refractivity contribution in [1.29, 1.82) is 0 Å². The van der Waals surface area contributed by atoms with Gasteiger partial charge >= 0.3 is 11.8 Å². The number of benzene rings is 1. The number of primary amides is 1. The van der Waals surface area contributed by atoms with E-state index in [0.29, 0.717) is 30.6 Å². The van der Waals surface area contributed by atoms with Gasteiger partial charge in [0.2, 0.25) is 5.91 Å². The summed E-state index contributed by atoms with van der Waals surface area (Å²) in [6, 6.07) is 2.10. The van der Waals surface area contributed by atoms with Crippen molar-refractivity contribution in [2.75, 3.05) is 32.5 Å². The van der Waals surface area contributed by atoms with Crippen LogP contribution in [0.25, 0.3) is 0 Å². The number of aromatic hydroxyl groups is 1. The van der Waals surface area contributed by atoms with Crippen molar-refractivity contribution >= 4 is 40.8 Å². The molecule has 13 heteroatoms. The molecule has 3 fully saturated rings. The van der Waals surface area contributed by atoms with Gasteiger partial charge in [-0.15, -0.1) is 0 Å². The maximum absolute atomic E-state index is 13.8. The van der Waals surface area contributed by atoms with Crippen LogP contribution in [0.1, 0.15) is 30.4 Å². The number of amides is 3. The van der Waals surface area contributed by atoms with Crippen LogP contribution in [-0.4, -0.2) is 94.0 Å². The Hall–Kier alpha value is -3.68. The number of Topliss-reactive ketones (excluding diaryl/α,β-unsaturated/α-hetero) is 3. The van der Waals surface area contributed by atoms with Gasteiger partial charge in [0.1, 0.15) is 5.75 Å². The Morgan fingerprint density at radius 3 is 2.35 bits per heavy atom. The zero-order valence-electron chi connectivity index (χ0n) is 22.3. The Morgan fingerprint density at radius 2 is 1.73 bits per heavy atom. The molecule has 6 atom stereocenters. The second-order valence-electron chi connectivity index (χ2n) is 11.4. The summed E-state index contributed by atoms with van der Waals surface area (Å²) in [7, 11) is 3.14. The molecule has 0 bridgehead atoms.